The van der Waals surface area contributed by atoms with Crippen LogP contribution in [0.4, 0.5) is 0 Å². The van der Waals surface area contributed by atoms with Crippen LogP contribution in [0.1, 0.15) is 45.7 Å². The Hall–Kier alpha value is -1.02. The van der Waals surface area contributed by atoms with Crippen LogP contribution in [0.3, 0.4) is 0 Å². The van der Waals surface area contributed by atoms with Gasteiger partial charge in [-0.2, -0.15) is 0 Å². The molecular formula is C16H27NO. The largest absolute Gasteiger partial charge is 0.497 e. The predicted molar refractivity (Wildman–Crippen MR) is 78.0 cm³/mol. The molecular weight excluding hydrogens is 222 g/mol. The van der Waals surface area contributed by atoms with Gasteiger partial charge >= 0.3 is 0 Å². The Kier molecular flexibility index (Phi) is 6.20. The van der Waals surface area contributed by atoms with Crippen LogP contribution in [-0.2, 0) is 0 Å². The van der Waals surface area contributed by atoms with Crippen LogP contribution < -0.4 is 10.1 Å². The summed E-state index contributed by atoms with van der Waals surface area (Å²) in [5.74, 6) is 2.20. The molecule has 0 aromatic heterocycles. The zero-order valence-corrected chi connectivity index (χ0v) is 12.4. The maximum Gasteiger partial charge on any atom is 0.119 e. The van der Waals surface area contributed by atoms with Crippen molar-refractivity contribution in [3.63, 3.8) is 0 Å². The summed E-state index contributed by atoms with van der Waals surface area (Å²) in [4.78, 5) is 0. The summed E-state index contributed by atoms with van der Waals surface area (Å²) in [6, 6.07) is 8.81. The molecule has 18 heavy (non-hydrogen) atoms. The molecule has 102 valence electrons. The Morgan fingerprint density at radius 1 is 1.22 bits per heavy atom. The number of benzene rings is 1. The first-order valence-electron chi connectivity index (χ1n) is 6.97. The fourth-order valence-electron chi connectivity index (χ4n) is 2.13. The van der Waals surface area contributed by atoms with Gasteiger partial charge in [0.1, 0.15) is 5.75 Å². The average molecular weight is 249 g/mol. The van der Waals surface area contributed by atoms with Crippen LogP contribution >= 0.6 is 0 Å². The van der Waals surface area contributed by atoms with Crippen molar-refractivity contribution in [2.24, 2.45) is 11.8 Å². The minimum atomic E-state index is 0.403. The van der Waals surface area contributed by atoms with Crippen LogP contribution in [-0.4, -0.2) is 13.7 Å². The molecule has 1 rings (SSSR count). The molecule has 1 aromatic carbocycles. The fourth-order valence-corrected chi connectivity index (χ4v) is 2.13. The first-order valence-corrected chi connectivity index (χ1v) is 6.97. The molecule has 2 nitrogen and oxygen atoms in total. The molecule has 0 fully saturated rings. The molecule has 2 unspecified atom stereocenters. The molecule has 0 saturated heterocycles. The van der Waals surface area contributed by atoms with Gasteiger partial charge in [-0.15, -0.1) is 0 Å². The number of nitrogens with one attached hydrogen (secondary N) is 1. The molecule has 0 aliphatic rings. The summed E-state index contributed by atoms with van der Waals surface area (Å²) in [5.41, 5.74) is 1.32. The summed E-state index contributed by atoms with van der Waals surface area (Å²) >= 11 is 0. The molecule has 1 N–H and O–H groups in total. The van der Waals surface area contributed by atoms with E-state index in [1.807, 2.05) is 6.07 Å². The standard InChI is InChI=1S/C16H27NO/c1-6-10-17-16(13(4)12(2)3)14-8-7-9-15(11-14)18-5/h7-9,11-13,16-17H,6,10H2,1-5H3. The topological polar surface area (TPSA) is 21.3 Å². The quantitative estimate of drug-likeness (QED) is 0.788. The maximum absolute atomic E-state index is 5.32. The highest BCUT2D eigenvalue weighted by molar-refractivity contribution is 5.31. The third-order valence-corrected chi connectivity index (χ3v) is 3.64. The van der Waals surface area contributed by atoms with E-state index in [-0.39, 0.29) is 0 Å². The molecule has 2 atom stereocenters. The second-order valence-corrected chi connectivity index (χ2v) is 5.31. The fraction of sp³-hybridized carbons (Fsp3) is 0.625. The highest BCUT2D eigenvalue weighted by Crippen LogP contribution is 2.29. The molecule has 0 aliphatic heterocycles. The van der Waals surface area contributed by atoms with Gasteiger partial charge in [0.25, 0.3) is 0 Å². The van der Waals surface area contributed by atoms with E-state index in [9.17, 15) is 0 Å². The van der Waals surface area contributed by atoms with Crippen molar-refractivity contribution in [3.05, 3.63) is 29.8 Å². The van der Waals surface area contributed by atoms with Crippen LogP contribution in [0.15, 0.2) is 24.3 Å². The van der Waals surface area contributed by atoms with Crippen molar-refractivity contribution < 1.29 is 4.74 Å². The monoisotopic (exact) mass is 249 g/mol. The van der Waals surface area contributed by atoms with E-state index in [0.717, 1.165) is 18.7 Å². The Morgan fingerprint density at radius 3 is 2.50 bits per heavy atom. The normalized spacial score (nSPS) is 14.6. The Labute approximate surface area is 112 Å². The van der Waals surface area contributed by atoms with Gasteiger partial charge in [-0.25, -0.2) is 0 Å². The molecule has 1 aromatic rings. The van der Waals surface area contributed by atoms with Gasteiger partial charge in [0.15, 0.2) is 0 Å². The lowest BCUT2D eigenvalue weighted by atomic mass is 9.86. The summed E-state index contributed by atoms with van der Waals surface area (Å²) in [6.45, 7) is 10.1. The van der Waals surface area contributed by atoms with Crippen LogP contribution in [0.5, 0.6) is 5.75 Å². The highest BCUT2D eigenvalue weighted by Gasteiger charge is 2.21. The van der Waals surface area contributed by atoms with Crippen LogP contribution in [0, 0.1) is 11.8 Å². The van der Waals surface area contributed by atoms with Gasteiger partial charge in [-0.3, -0.25) is 0 Å². The third-order valence-electron chi connectivity index (χ3n) is 3.64. The number of hydrogen-bond donors (Lipinski definition) is 1. The SMILES string of the molecule is CCCNC(c1cccc(OC)c1)C(C)C(C)C. The Morgan fingerprint density at radius 2 is 1.94 bits per heavy atom. The maximum atomic E-state index is 5.32. The minimum absolute atomic E-state index is 0.403. The smallest absolute Gasteiger partial charge is 0.119 e. The molecule has 0 saturated carbocycles. The zero-order valence-electron chi connectivity index (χ0n) is 12.4. The molecule has 0 bridgehead atoms. The molecule has 0 radical (unpaired) electrons. The number of rotatable bonds is 7. The van der Waals surface area contributed by atoms with Crippen LogP contribution in [0.25, 0.3) is 0 Å². The minimum Gasteiger partial charge on any atom is -0.497 e. The average Bonchev–Trinajstić information content (AvgIpc) is 2.39. The third kappa shape index (κ3) is 4.02. The second-order valence-electron chi connectivity index (χ2n) is 5.31. The van der Waals surface area contributed by atoms with E-state index in [2.05, 4.69) is 51.2 Å². The van der Waals surface area contributed by atoms with E-state index in [1.165, 1.54) is 5.56 Å². The van der Waals surface area contributed by atoms with E-state index in [4.69, 9.17) is 4.74 Å². The molecule has 2 heteroatoms. The van der Waals surface area contributed by atoms with Gasteiger partial charge in [-0.1, -0.05) is 39.8 Å². The molecule has 0 aliphatic carbocycles. The van der Waals surface area contributed by atoms with Gasteiger partial charge in [0.05, 0.1) is 7.11 Å². The first kappa shape index (κ1) is 15.0. The van der Waals surface area contributed by atoms with Gasteiger partial charge < -0.3 is 10.1 Å². The van der Waals surface area contributed by atoms with E-state index < -0.39 is 0 Å². The summed E-state index contributed by atoms with van der Waals surface area (Å²) in [6.07, 6.45) is 1.16. The van der Waals surface area contributed by atoms with Crippen molar-refractivity contribution in [1.82, 2.24) is 5.32 Å². The summed E-state index contributed by atoms with van der Waals surface area (Å²) in [7, 11) is 1.72. The Bertz CT molecular complexity index is 349. The molecule has 0 amide bonds. The van der Waals surface area contributed by atoms with Crippen molar-refractivity contribution in [2.45, 2.75) is 40.2 Å². The molecule has 0 spiro atoms. The predicted octanol–water partition coefficient (Wildman–Crippen LogP) is 4.03. The zero-order chi connectivity index (χ0) is 13.5. The summed E-state index contributed by atoms with van der Waals surface area (Å²) < 4.78 is 5.32. The van der Waals surface area contributed by atoms with Gasteiger partial charge in [-0.05, 0) is 42.5 Å². The number of hydrogen-bond acceptors (Lipinski definition) is 2. The highest BCUT2D eigenvalue weighted by atomic mass is 16.5. The van der Waals surface area contributed by atoms with E-state index in [1.54, 1.807) is 7.11 Å². The lowest BCUT2D eigenvalue weighted by Crippen LogP contribution is -2.30. The Balaban J connectivity index is 2.92. The van der Waals surface area contributed by atoms with E-state index >= 15 is 0 Å². The summed E-state index contributed by atoms with van der Waals surface area (Å²) in [5, 5.41) is 3.66. The van der Waals surface area contributed by atoms with Gasteiger partial charge in [0.2, 0.25) is 0 Å². The number of methoxy groups -OCH3 is 1. The lowest BCUT2D eigenvalue weighted by molar-refractivity contribution is 0.303. The van der Waals surface area contributed by atoms with Gasteiger partial charge in [0, 0.05) is 6.04 Å². The molecule has 0 heterocycles. The lowest BCUT2D eigenvalue weighted by Gasteiger charge is -2.28. The van der Waals surface area contributed by atoms with Crippen molar-refractivity contribution in [2.75, 3.05) is 13.7 Å². The van der Waals surface area contributed by atoms with Crippen molar-refractivity contribution in [3.8, 4) is 5.75 Å². The van der Waals surface area contributed by atoms with Crippen molar-refractivity contribution >= 4 is 0 Å². The van der Waals surface area contributed by atoms with Crippen LogP contribution in [0.2, 0.25) is 0 Å². The first-order chi connectivity index (χ1) is 8.60. The second kappa shape index (κ2) is 7.42. The van der Waals surface area contributed by atoms with E-state index in [0.29, 0.717) is 17.9 Å². The van der Waals surface area contributed by atoms with Crippen molar-refractivity contribution in [1.29, 1.82) is 0 Å². The number of ether oxygens (including phenoxy) is 1.